The number of carbonyl (C=O) groups excluding carboxylic acids is 2. The number of nitrogens with two attached hydrogens (primary N) is 1. The van der Waals surface area contributed by atoms with Gasteiger partial charge in [0.1, 0.15) is 5.76 Å². The van der Waals surface area contributed by atoms with Gasteiger partial charge in [0.15, 0.2) is 0 Å². The van der Waals surface area contributed by atoms with E-state index in [4.69, 9.17) is 10.3 Å². The Labute approximate surface area is 117 Å². The second-order valence-corrected chi connectivity index (χ2v) is 5.12. The number of rotatable bonds is 3. The van der Waals surface area contributed by atoms with Gasteiger partial charge in [-0.25, -0.2) is 4.79 Å². The van der Waals surface area contributed by atoms with Gasteiger partial charge >= 0.3 is 6.03 Å². The molecular weight excluding hydrogens is 260 g/mol. The molecule has 7 heteroatoms. The van der Waals surface area contributed by atoms with E-state index >= 15 is 0 Å². The van der Waals surface area contributed by atoms with Crippen LogP contribution in [0.2, 0.25) is 0 Å². The van der Waals surface area contributed by atoms with Crippen LogP contribution < -0.4 is 11.1 Å². The summed E-state index contributed by atoms with van der Waals surface area (Å²) in [5.74, 6) is 0.673. The normalized spacial score (nSPS) is 16.2. The van der Waals surface area contributed by atoms with Crippen molar-refractivity contribution >= 4 is 11.9 Å². The first kappa shape index (κ1) is 14.4. The lowest BCUT2D eigenvalue weighted by atomic mass is 9.96. The Balaban J connectivity index is 1.83. The Kier molecular flexibility index (Phi) is 4.26. The first-order valence-electron chi connectivity index (χ1n) is 6.73. The highest BCUT2D eigenvalue weighted by atomic mass is 16.5. The zero-order chi connectivity index (χ0) is 14.7. The molecule has 1 fully saturated rings. The molecule has 0 atom stereocenters. The van der Waals surface area contributed by atoms with Crippen molar-refractivity contribution in [2.75, 3.05) is 13.1 Å². The molecule has 1 aromatic heterocycles. The smallest absolute Gasteiger partial charge is 0.314 e. The van der Waals surface area contributed by atoms with Crippen LogP contribution in [-0.4, -0.2) is 35.1 Å². The number of nitrogens with one attached hydrogen (secondary N) is 1. The van der Waals surface area contributed by atoms with Crippen molar-refractivity contribution < 1.29 is 14.1 Å². The fourth-order valence-corrected chi connectivity index (χ4v) is 2.44. The first-order valence-corrected chi connectivity index (χ1v) is 6.73. The van der Waals surface area contributed by atoms with E-state index in [2.05, 4.69) is 10.5 Å². The molecule has 2 rings (SSSR count). The molecule has 1 aromatic rings. The van der Waals surface area contributed by atoms with Gasteiger partial charge in [0.25, 0.3) is 0 Å². The molecule has 3 N–H and O–H groups in total. The van der Waals surface area contributed by atoms with Gasteiger partial charge in [-0.3, -0.25) is 4.79 Å². The maximum absolute atomic E-state index is 12.1. The lowest BCUT2D eigenvalue weighted by molar-refractivity contribution is -0.126. The van der Waals surface area contributed by atoms with Crippen LogP contribution in [0.1, 0.15) is 29.9 Å². The largest absolute Gasteiger partial charge is 0.361 e. The quantitative estimate of drug-likeness (QED) is 0.850. The number of primary amides is 1. The molecule has 2 heterocycles. The highest BCUT2D eigenvalue weighted by Gasteiger charge is 2.26. The molecule has 7 nitrogen and oxygen atoms in total. The summed E-state index contributed by atoms with van der Waals surface area (Å²) in [6.45, 7) is 5.18. The molecule has 0 unspecified atom stereocenters. The molecule has 0 saturated carbocycles. The van der Waals surface area contributed by atoms with Gasteiger partial charge in [-0.05, 0) is 26.7 Å². The predicted molar refractivity (Wildman–Crippen MR) is 71.7 cm³/mol. The molecule has 0 radical (unpaired) electrons. The van der Waals surface area contributed by atoms with Crippen molar-refractivity contribution in [3.8, 4) is 0 Å². The van der Waals surface area contributed by atoms with Crippen LogP contribution in [0.4, 0.5) is 4.79 Å². The molecule has 3 amide bonds. The van der Waals surface area contributed by atoms with Crippen molar-refractivity contribution in [3.63, 3.8) is 0 Å². The minimum Gasteiger partial charge on any atom is -0.361 e. The van der Waals surface area contributed by atoms with E-state index < -0.39 is 6.03 Å². The van der Waals surface area contributed by atoms with Crippen molar-refractivity contribution in [2.45, 2.75) is 33.2 Å². The van der Waals surface area contributed by atoms with Crippen molar-refractivity contribution in [2.24, 2.45) is 11.7 Å². The van der Waals surface area contributed by atoms with Crippen LogP contribution in [0.5, 0.6) is 0 Å². The molecule has 0 bridgehead atoms. The summed E-state index contributed by atoms with van der Waals surface area (Å²) in [4.78, 5) is 24.7. The highest BCUT2D eigenvalue weighted by molar-refractivity contribution is 5.79. The zero-order valence-corrected chi connectivity index (χ0v) is 11.8. The third-order valence-corrected chi connectivity index (χ3v) is 3.80. The lowest BCUT2D eigenvalue weighted by Gasteiger charge is -2.29. The molecule has 110 valence electrons. The van der Waals surface area contributed by atoms with Gasteiger partial charge in [0.2, 0.25) is 5.91 Å². The van der Waals surface area contributed by atoms with E-state index in [1.807, 2.05) is 13.8 Å². The summed E-state index contributed by atoms with van der Waals surface area (Å²) in [5.41, 5.74) is 6.94. The number of hydrogen-bond acceptors (Lipinski definition) is 4. The van der Waals surface area contributed by atoms with E-state index in [1.54, 1.807) is 4.90 Å². The Morgan fingerprint density at radius 2 is 2.05 bits per heavy atom. The van der Waals surface area contributed by atoms with Gasteiger partial charge in [-0.15, -0.1) is 0 Å². The number of hydrogen-bond donors (Lipinski definition) is 2. The number of nitrogens with zero attached hydrogens (tertiary/aromatic N) is 2. The number of amides is 3. The van der Waals surface area contributed by atoms with E-state index in [1.165, 1.54) is 0 Å². The Morgan fingerprint density at radius 3 is 2.55 bits per heavy atom. The maximum Gasteiger partial charge on any atom is 0.314 e. The van der Waals surface area contributed by atoms with Crippen LogP contribution in [0.25, 0.3) is 0 Å². The molecule has 1 aliphatic heterocycles. The average Bonchev–Trinajstić information content (AvgIpc) is 2.75. The summed E-state index contributed by atoms with van der Waals surface area (Å²) < 4.78 is 5.05. The van der Waals surface area contributed by atoms with Gasteiger partial charge < -0.3 is 20.5 Å². The maximum atomic E-state index is 12.1. The van der Waals surface area contributed by atoms with E-state index in [-0.39, 0.29) is 11.8 Å². The first-order chi connectivity index (χ1) is 9.49. The van der Waals surface area contributed by atoms with Gasteiger partial charge in [0, 0.05) is 31.1 Å². The van der Waals surface area contributed by atoms with Gasteiger partial charge in [-0.2, -0.15) is 0 Å². The second-order valence-electron chi connectivity index (χ2n) is 5.12. The summed E-state index contributed by atoms with van der Waals surface area (Å²) in [5, 5.41) is 6.76. The fourth-order valence-electron chi connectivity index (χ4n) is 2.44. The average molecular weight is 280 g/mol. The van der Waals surface area contributed by atoms with Crippen LogP contribution in [0, 0.1) is 19.8 Å². The monoisotopic (exact) mass is 280 g/mol. The molecule has 20 heavy (non-hydrogen) atoms. The Bertz CT molecular complexity index is 484. The Morgan fingerprint density at radius 1 is 1.40 bits per heavy atom. The topological polar surface area (TPSA) is 101 Å². The number of aromatic nitrogens is 1. The van der Waals surface area contributed by atoms with Crippen molar-refractivity contribution in [3.05, 3.63) is 17.0 Å². The molecular formula is C13H20N4O3. The molecule has 0 aliphatic carbocycles. The molecule has 1 aliphatic rings. The third kappa shape index (κ3) is 3.09. The summed E-state index contributed by atoms with van der Waals surface area (Å²) >= 11 is 0. The Hall–Kier alpha value is -2.05. The number of carbonyl (C=O) groups is 2. The third-order valence-electron chi connectivity index (χ3n) is 3.80. The van der Waals surface area contributed by atoms with Crippen LogP contribution in [-0.2, 0) is 11.3 Å². The fraction of sp³-hybridized carbons (Fsp3) is 0.615. The summed E-state index contributed by atoms with van der Waals surface area (Å²) in [7, 11) is 0. The second kappa shape index (κ2) is 5.94. The van der Waals surface area contributed by atoms with E-state index in [0.717, 1.165) is 17.0 Å². The molecule has 0 aromatic carbocycles. The molecule has 0 spiro atoms. The SMILES string of the molecule is Cc1noc(C)c1CNC(=O)C1CCN(C(N)=O)CC1. The van der Waals surface area contributed by atoms with Crippen molar-refractivity contribution in [1.82, 2.24) is 15.4 Å². The van der Waals surface area contributed by atoms with Gasteiger partial charge in [0.05, 0.1) is 5.69 Å². The lowest BCUT2D eigenvalue weighted by Crippen LogP contribution is -2.45. The van der Waals surface area contributed by atoms with Crippen LogP contribution in [0.3, 0.4) is 0 Å². The predicted octanol–water partition coefficient (Wildman–Crippen LogP) is 0.698. The number of piperidine rings is 1. The number of urea groups is 1. The number of likely N-dealkylation sites (tertiary alicyclic amines) is 1. The van der Waals surface area contributed by atoms with Crippen LogP contribution in [0.15, 0.2) is 4.52 Å². The summed E-state index contributed by atoms with van der Waals surface area (Å²) in [6, 6.07) is -0.417. The summed E-state index contributed by atoms with van der Waals surface area (Å²) in [6.07, 6.45) is 1.30. The standard InChI is InChI=1S/C13H20N4O3/c1-8-11(9(2)20-16-8)7-15-12(18)10-3-5-17(6-4-10)13(14)19/h10H,3-7H2,1-2H3,(H2,14,19)(H,15,18). The van der Waals surface area contributed by atoms with Crippen LogP contribution >= 0.6 is 0 Å². The van der Waals surface area contributed by atoms with E-state index in [0.29, 0.717) is 32.5 Å². The van der Waals surface area contributed by atoms with E-state index in [9.17, 15) is 9.59 Å². The minimum atomic E-state index is -0.417. The molecule has 1 saturated heterocycles. The highest BCUT2D eigenvalue weighted by Crippen LogP contribution is 2.18. The van der Waals surface area contributed by atoms with Crippen molar-refractivity contribution in [1.29, 1.82) is 0 Å². The van der Waals surface area contributed by atoms with Gasteiger partial charge in [-0.1, -0.05) is 5.16 Å². The minimum absolute atomic E-state index is 0.00844. The number of aryl methyl sites for hydroxylation is 2. The zero-order valence-electron chi connectivity index (χ0n) is 11.8.